The van der Waals surface area contributed by atoms with E-state index in [4.69, 9.17) is 5.11 Å². The van der Waals surface area contributed by atoms with Gasteiger partial charge >= 0.3 is 0 Å². The van der Waals surface area contributed by atoms with Gasteiger partial charge in [0.25, 0.3) is 0 Å². The molecule has 0 saturated heterocycles. The number of aliphatic hydroxyl groups is 1. The Hall–Kier alpha value is -2.51. The Kier molecular flexibility index (Phi) is 9.39. The van der Waals surface area contributed by atoms with Gasteiger partial charge in [-0.15, -0.1) is 35.4 Å². The Labute approximate surface area is 175 Å². The Bertz CT molecular complexity index is 901. The van der Waals surface area contributed by atoms with Crippen molar-refractivity contribution in [3.05, 3.63) is 90.3 Å². The molecule has 3 nitrogen and oxygen atoms in total. The molecular weight excluding hydrogens is 517 g/mol. The van der Waals surface area contributed by atoms with Crippen LogP contribution >= 0.6 is 0 Å². The van der Waals surface area contributed by atoms with Crippen LogP contribution in [0.25, 0.3) is 22.4 Å². The number of benzene rings is 2. The van der Waals surface area contributed by atoms with Crippen LogP contribution in [0.5, 0.6) is 0 Å². The van der Waals surface area contributed by atoms with Gasteiger partial charge in [0, 0.05) is 33.3 Å². The predicted octanol–water partition coefficient (Wildman–Crippen LogP) is 5.56. The third kappa shape index (κ3) is 6.96. The molecule has 3 aromatic rings. The predicted molar refractivity (Wildman–Crippen MR) is 106 cm³/mol. The van der Waals surface area contributed by atoms with Gasteiger partial charge in [-0.1, -0.05) is 43.3 Å². The third-order valence-corrected chi connectivity index (χ3v) is 3.61. The molecule has 0 amide bonds. The first kappa shape index (κ1) is 22.5. The first-order valence-electron chi connectivity index (χ1n) is 8.35. The molecule has 0 fully saturated rings. The van der Waals surface area contributed by atoms with Crippen LogP contribution in [0.4, 0.5) is 0 Å². The van der Waals surface area contributed by atoms with Crippen LogP contribution in [-0.2, 0) is 25.9 Å². The van der Waals surface area contributed by atoms with Crippen LogP contribution in [-0.4, -0.2) is 15.9 Å². The minimum atomic E-state index is -0.125. The summed E-state index contributed by atoms with van der Waals surface area (Å²) in [5, 5.41) is 8.36. The van der Waals surface area contributed by atoms with Crippen molar-refractivity contribution >= 4 is 5.78 Å². The average molecular weight is 540 g/mol. The third-order valence-electron chi connectivity index (χ3n) is 3.61. The van der Waals surface area contributed by atoms with E-state index < -0.39 is 0 Å². The van der Waals surface area contributed by atoms with Gasteiger partial charge in [-0.3, -0.25) is 4.79 Å². The van der Waals surface area contributed by atoms with Gasteiger partial charge in [0.15, 0.2) is 5.78 Å². The number of hydrogen-bond acceptors (Lipinski definition) is 3. The van der Waals surface area contributed by atoms with Crippen molar-refractivity contribution in [3.8, 4) is 22.4 Å². The van der Waals surface area contributed by atoms with Gasteiger partial charge in [0.05, 0.1) is 5.76 Å². The molecule has 0 saturated carbocycles. The van der Waals surface area contributed by atoms with Crippen molar-refractivity contribution in [3.63, 3.8) is 0 Å². The number of hydrogen-bond donors (Lipinski definition) is 1. The molecule has 3 rings (SSSR count). The molecule has 0 radical (unpaired) electrons. The van der Waals surface area contributed by atoms with E-state index in [-0.39, 0.29) is 32.6 Å². The maximum absolute atomic E-state index is 10.0. The van der Waals surface area contributed by atoms with Gasteiger partial charge in [0.1, 0.15) is 0 Å². The summed E-state index contributed by atoms with van der Waals surface area (Å²) in [6, 6.07) is 23.8. The normalized spacial score (nSPS) is 10.3. The fourth-order valence-corrected chi connectivity index (χ4v) is 2.53. The number of allylic oxidation sites excluding steroid dienone is 2. The zero-order valence-corrected chi connectivity index (χ0v) is 17.8. The van der Waals surface area contributed by atoms with Crippen molar-refractivity contribution in [2.24, 2.45) is 0 Å². The number of aryl methyl sites for hydroxylation is 1. The summed E-state index contributed by atoms with van der Waals surface area (Å²) >= 11 is 0. The van der Waals surface area contributed by atoms with Crippen molar-refractivity contribution in [2.75, 3.05) is 0 Å². The van der Waals surface area contributed by atoms with Crippen LogP contribution in [0, 0.1) is 13.0 Å². The van der Waals surface area contributed by atoms with Crippen LogP contribution in [0.15, 0.2) is 78.7 Å². The summed E-state index contributed by atoms with van der Waals surface area (Å²) in [5.74, 6) is -0.0625. The molecule has 0 unspecified atom stereocenters. The Morgan fingerprint density at radius 2 is 1.74 bits per heavy atom. The van der Waals surface area contributed by atoms with Crippen LogP contribution in [0.3, 0.4) is 0 Å². The number of rotatable bonds is 3. The SMILES string of the molecule is CC(=O)/C=C(/C)O.Cc1ccc[c-]c1-c1ncccc1-c1ccccc1.[Pt]. The molecule has 1 aromatic heterocycles. The summed E-state index contributed by atoms with van der Waals surface area (Å²) in [6.45, 7) is 4.94. The van der Waals surface area contributed by atoms with Gasteiger partial charge in [-0.05, 0) is 36.7 Å². The van der Waals surface area contributed by atoms with Crippen LogP contribution < -0.4 is 0 Å². The molecule has 0 aliphatic heterocycles. The fraction of sp³-hybridized carbons (Fsp3) is 0.130. The van der Waals surface area contributed by atoms with Gasteiger partial charge in [-0.25, -0.2) is 0 Å². The van der Waals surface area contributed by atoms with Crippen LogP contribution in [0.1, 0.15) is 19.4 Å². The van der Waals surface area contributed by atoms with Crippen molar-refractivity contribution in [1.82, 2.24) is 4.98 Å². The Balaban J connectivity index is 0.000000395. The topological polar surface area (TPSA) is 50.2 Å². The summed E-state index contributed by atoms with van der Waals surface area (Å²) in [4.78, 5) is 14.6. The van der Waals surface area contributed by atoms with E-state index >= 15 is 0 Å². The van der Waals surface area contributed by atoms with E-state index in [0.29, 0.717) is 0 Å². The van der Waals surface area contributed by atoms with Crippen molar-refractivity contribution in [1.29, 1.82) is 0 Å². The molecular formula is C23H22NO2Pt-. The smallest absolute Gasteiger partial charge is 0.155 e. The maximum atomic E-state index is 10.0. The molecule has 142 valence electrons. The molecule has 0 atom stereocenters. The minimum absolute atomic E-state index is 0. The number of aliphatic hydroxyl groups excluding tert-OH is 1. The molecule has 1 N–H and O–H groups in total. The van der Waals surface area contributed by atoms with E-state index in [1.165, 1.54) is 31.1 Å². The molecule has 4 heteroatoms. The molecule has 0 aliphatic rings. The van der Waals surface area contributed by atoms with E-state index in [9.17, 15) is 4.79 Å². The van der Waals surface area contributed by atoms with Gasteiger partial charge < -0.3 is 10.1 Å². The molecule has 27 heavy (non-hydrogen) atoms. The second-order valence-corrected chi connectivity index (χ2v) is 5.89. The number of carbonyl (C=O) groups excluding carboxylic acids is 1. The number of pyridine rings is 1. The average Bonchev–Trinajstić information content (AvgIpc) is 2.62. The second kappa shape index (κ2) is 11.3. The number of ketones is 1. The summed E-state index contributed by atoms with van der Waals surface area (Å²) in [5.41, 5.74) is 5.59. The van der Waals surface area contributed by atoms with Crippen LogP contribution in [0.2, 0.25) is 0 Å². The van der Waals surface area contributed by atoms with E-state index in [0.717, 1.165) is 16.8 Å². The Morgan fingerprint density at radius 3 is 2.30 bits per heavy atom. The molecule has 0 bridgehead atoms. The fourth-order valence-electron chi connectivity index (χ4n) is 2.53. The monoisotopic (exact) mass is 539 g/mol. The zero-order chi connectivity index (χ0) is 18.9. The Morgan fingerprint density at radius 1 is 1.04 bits per heavy atom. The standard InChI is InChI=1S/C18H14N.C5H8O2.Pt/c1-14-8-5-6-11-16(14)18-17(12-7-13-19-18)15-9-3-2-4-10-15;1-4(6)3-5(2)7;/h2-10,12-13H,1H3;3,6H,1-2H3;/q-1;;/b;4-3-;. The summed E-state index contributed by atoms with van der Waals surface area (Å²) < 4.78 is 0. The largest absolute Gasteiger partial charge is 0.512 e. The maximum Gasteiger partial charge on any atom is 0.155 e. The summed E-state index contributed by atoms with van der Waals surface area (Å²) in [6.07, 6.45) is 3.00. The summed E-state index contributed by atoms with van der Waals surface area (Å²) in [7, 11) is 0. The van der Waals surface area contributed by atoms with Gasteiger partial charge in [0.2, 0.25) is 0 Å². The molecule has 2 aromatic carbocycles. The second-order valence-electron chi connectivity index (χ2n) is 5.89. The van der Waals surface area contributed by atoms with E-state index in [2.05, 4.69) is 42.2 Å². The molecule has 0 aliphatic carbocycles. The van der Waals surface area contributed by atoms with Crippen molar-refractivity contribution < 1.29 is 31.0 Å². The minimum Gasteiger partial charge on any atom is -0.512 e. The molecule has 1 heterocycles. The molecule has 0 spiro atoms. The van der Waals surface area contributed by atoms with Crippen molar-refractivity contribution in [2.45, 2.75) is 20.8 Å². The van der Waals surface area contributed by atoms with E-state index in [1.54, 1.807) is 0 Å². The number of aromatic nitrogens is 1. The quantitative estimate of drug-likeness (QED) is 0.270. The first-order chi connectivity index (χ1) is 12.5. The number of nitrogens with zero attached hydrogens (tertiary/aromatic N) is 1. The number of carbonyl (C=O) groups is 1. The first-order valence-corrected chi connectivity index (χ1v) is 8.35. The van der Waals surface area contributed by atoms with Gasteiger partial charge in [-0.2, -0.15) is 0 Å². The van der Waals surface area contributed by atoms with E-state index in [1.807, 2.05) is 42.6 Å². The zero-order valence-electron chi connectivity index (χ0n) is 15.5.